The summed E-state index contributed by atoms with van der Waals surface area (Å²) in [5, 5.41) is 16.8. The fraction of sp³-hybridized carbons (Fsp3) is 0.0625. The minimum Gasteiger partial charge on any atom is -0.309 e. The fourth-order valence-electron chi connectivity index (χ4n) is 2.22. The normalized spacial score (nSPS) is 10.9. The highest BCUT2D eigenvalue weighted by Gasteiger charge is 2.12. The number of aromatic nitrogens is 3. The molecule has 0 saturated carbocycles. The van der Waals surface area contributed by atoms with E-state index in [4.69, 9.17) is 0 Å². The van der Waals surface area contributed by atoms with E-state index in [0.29, 0.717) is 5.82 Å². The van der Waals surface area contributed by atoms with E-state index in [1.807, 2.05) is 40.4 Å². The number of hydrogen-bond donors (Lipinski definition) is 2. The topological polar surface area (TPSA) is 70.7 Å². The maximum atomic E-state index is 12.2. The maximum Gasteiger partial charge on any atom is 0.231 e. The minimum absolute atomic E-state index is 0.131. The number of nitrogens with zero attached hydrogens (tertiary/aromatic N) is 2. The molecule has 0 aliphatic rings. The zero-order chi connectivity index (χ0) is 17.2. The van der Waals surface area contributed by atoms with Crippen LogP contribution >= 0.6 is 49.9 Å². The van der Waals surface area contributed by atoms with Gasteiger partial charge in [0, 0.05) is 21.3 Å². The van der Waals surface area contributed by atoms with Gasteiger partial charge < -0.3 is 5.32 Å². The Bertz CT molecular complexity index is 1000. The van der Waals surface area contributed by atoms with Crippen LogP contribution in [0.25, 0.3) is 20.5 Å². The molecule has 4 aromatic heterocycles. The number of rotatable bonds is 5. The van der Waals surface area contributed by atoms with Crippen molar-refractivity contribution in [1.82, 2.24) is 15.2 Å². The van der Waals surface area contributed by atoms with Crippen molar-refractivity contribution < 1.29 is 4.79 Å². The number of anilines is 1. The Morgan fingerprint density at radius 3 is 2.88 bits per heavy atom. The average molecular weight is 451 g/mol. The van der Waals surface area contributed by atoms with E-state index in [1.165, 1.54) is 0 Å². The summed E-state index contributed by atoms with van der Waals surface area (Å²) in [6.07, 6.45) is 0.226. The Balaban J connectivity index is 1.40. The van der Waals surface area contributed by atoms with Gasteiger partial charge in [0.15, 0.2) is 5.82 Å². The number of halogens is 1. The van der Waals surface area contributed by atoms with E-state index in [2.05, 4.69) is 36.4 Å². The molecule has 0 unspecified atom stereocenters. The lowest BCUT2D eigenvalue weighted by Gasteiger charge is -1.98. The molecule has 9 heteroatoms. The zero-order valence-corrected chi connectivity index (χ0v) is 16.7. The minimum atomic E-state index is -0.131. The van der Waals surface area contributed by atoms with Gasteiger partial charge in [-0.25, -0.2) is 4.98 Å². The molecule has 0 radical (unpaired) electrons. The Labute approximate surface area is 163 Å². The highest BCUT2D eigenvalue weighted by molar-refractivity contribution is 9.10. The summed E-state index contributed by atoms with van der Waals surface area (Å²) in [6.45, 7) is 0. The van der Waals surface area contributed by atoms with Crippen molar-refractivity contribution in [1.29, 1.82) is 0 Å². The van der Waals surface area contributed by atoms with Gasteiger partial charge in [-0.1, -0.05) is 6.07 Å². The first-order valence-electron chi connectivity index (χ1n) is 7.25. The summed E-state index contributed by atoms with van der Waals surface area (Å²) in [7, 11) is 0. The molecule has 0 spiro atoms. The number of thiazole rings is 1. The lowest BCUT2D eigenvalue weighted by Crippen LogP contribution is -2.14. The largest absolute Gasteiger partial charge is 0.309 e. The van der Waals surface area contributed by atoms with E-state index >= 15 is 0 Å². The summed E-state index contributed by atoms with van der Waals surface area (Å²) < 4.78 is 1.04. The second-order valence-corrected chi connectivity index (χ2v) is 8.77. The third-order valence-electron chi connectivity index (χ3n) is 3.30. The molecular formula is C16H11BrN4OS3. The summed E-state index contributed by atoms with van der Waals surface area (Å²) >= 11 is 8.23. The molecule has 0 fully saturated rings. The molecule has 126 valence electrons. The van der Waals surface area contributed by atoms with Gasteiger partial charge >= 0.3 is 0 Å². The number of nitrogens with one attached hydrogen (secondary N) is 2. The fourth-order valence-corrected chi connectivity index (χ4v) is 5.24. The van der Waals surface area contributed by atoms with Gasteiger partial charge in [-0.15, -0.1) is 34.0 Å². The summed E-state index contributed by atoms with van der Waals surface area (Å²) in [5.74, 6) is 0.388. The molecule has 0 aromatic carbocycles. The van der Waals surface area contributed by atoms with E-state index < -0.39 is 0 Å². The molecule has 4 heterocycles. The highest BCUT2D eigenvalue weighted by atomic mass is 79.9. The molecule has 4 aromatic rings. The SMILES string of the molecule is O=C(Cc1csc(-c2cc(Br)cs2)n1)Nc1cc(-c2cccs2)[nH]n1. The van der Waals surface area contributed by atoms with Gasteiger partial charge in [-0.3, -0.25) is 9.89 Å². The number of amides is 1. The van der Waals surface area contributed by atoms with Crippen LogP contribution in [-0.4, -0.2) is 21.1 Å². The maximum absolute atomic E-state index is 12.2. The van der Waals surface area contributed by atoms with Gasteiger partial charge in [-0.05, 0) is 33.4 Å². The lowest BCUT2D eigenvalue weighted by molar-refractivity contribution is -0.115. The number of aromatic amines is 1. The predicted molar refractivity (Wildman–Crippen MR) is 107 cm³/mol. The predicted octanol–water partition coefficient (Wildman–Crippen LogP) is 5.27. The van der Waals surface area contributed by atoms with E-state index in [0.717, 1.165) is 30.6 Å². The molecule has 0 atom stereocenters. The first-order valence-corrected chi connectivity index (χ1v) is 10.7. The summed E-state index contributed by atoms with van der Waals surface area (Å²) in [4.78, 5) is 18.9. The van der Waals surface area contributed by atoms with Crippen molar-refractivity contribution in [3.8, 4) is 20.5 Å². The first-order chi connectivity index (χ1) is 12.2. The van der Waals surface area contributed by atoms with E-state index in [9.17, 15) is 4.79 Å². The molecule has 4 rings (SSSR count). The first kappa shape index (κ1) is 16.6. The van der Waals surface area contributed by atoms with Crippen LogP contribution in [0.15, 0.2) is 44.9 Å². The molecule has 5 nitrogen and oxygen atoms in total. The van der Waals surface area contributed by atoms with Crippen LogP contribution < -0.4 is 5.32 Å². The van der Waals surface area contributed by atoms with Crippen LogP contribution in [0.4, 0.5) is 5.82 Å². The number of hydrogen-bond acceptors (Lipinski definition) is 6. The summed E-state index contributed by atoms with van der Waals surface area (Å²) in [5.41, 5.74) is 1.65. The molecule has 0 bridgehead atoms. The quantitative estimate of drug-likeness (QED) is 0.435. The van der Waals surface area contributed by atoms with Crippen LogP contribution in [0.3, 0.4) is 0 Å². The van der Waals surface area contributed by atoms with Crippen molar-refractivity contribution in [2.24, 2.45) is 0 Å². The van der Waals surface area contributed by atoms with Crippen molar-refractivity contribution in [2.75, 3.05) is 5.32 Å². The second kappa shape index (κ2) is 7.20. The third-order valence-corrected chi connectivity index (χ3v) is 6.96. The van der Waals surface area contributed by atoms with Gasteiger partial charge in [0.2, 0.25) is 5.91 Å². The highest BCUT2D eigenvalue weighted by Crippen LogP contribution is 2.32. The molecule has 1 amide bonds. The Morgan fingerprint density at radius 2 is 2.12 bits per heavy atom. The monoisotopic (exact) mass is 450 g/mol. The Kier molecular flexibility index (Phi) is 4.80. The van der Waals surface area contributed by atoms with Gasteiger partial charge in [0.1, 0.15) is 5.01 Å². The standard InChI is InChI=1S/C16H11BrN4OS3/c17-9-4-13(24-7-9)16-18-10(8-25-16)5-15(22)19-14-6-11(20-21-14)12-2-1-3-23-12/h1-4,6-8H,5H2,(H2,19,20,21,22). The van der Waals surface area contributed by atoms with Crippen molar-refractivity contribution in [2.45, 2.75) is 6.42 Å². The Morgan fingerprint density at radius 1 is 1.20 bits per heavy atom. The van der Waals surface area contributed by atoms with Crippen molar-refractivity contribution >= 4 is 61.7 Å². The lowest BCUT2D eigenvalue weighted by atomic mass is 10.3. The molecule has 2 N–H and O–H groups in total. The van der Waals surface area contributed by atoms with Crippen molar-refractivity contribution in [3.05, 3.63) is 50.6 Å². The van der Waals surface area contributed by atoms with Crippen LogP contribution in [-0.2, 0) is 11.2 Å². The molecule has 0 aliphatic carbocycles. The number of carbonyl (C=O) groups excluding carboxylic acids is 1. The van der Waals surface area contributed by atoms with Crippen molar-refractivity contribution in [3.63, 3.8) is 0 Å². The molecular weight excluding hydrogens is 440 g/mol. The average Bonchev–Trinajstić information content (AvgIpc) is 3.34. The van der Waals surface area contributed by atoms with Crippen LogP contribution in [0.2, 0.25) is 0 Å². The third kappa shape index (κ3) is 3.90. The van der Waals surface area contributed by atoms with Gasteiger partial charge in [0.25, 0.3) is 0 Å². The zero-order valence-electron chi connectivity index (χ0n) is 12.7. The summed E-state index contributed by atoms with van der Waals surface area (Å²) in [6, 6.07) is 7.84. The second-order valence-electron chi connectivity index (χ2n) is 5.14. The molecule has 25 heavy (non-hydrogen) atoms. The number of thiophene rings is 2. The smallest absolute Gasteiger partial charge is 0.231 e. The molecule has 0 aliphatic heterocycles. The Hall–Kier alpha value is -1.81. The van der Waals surface area contributed by atoms with Crippen LogP contribution in [0.5, 0.6) is 0 Å². The van der Waals surface area contributed by atoms with E-state index in [-0.39, 0.29) is 12.3 Å². The van der Waals surface area contributed by atoms with Crippen LogP contribution in [0, 0.1) is 0 Å². The number of carbonyl (C=O) groups is 1. The van der Waals surface area contributed by atoms with Crippen LogP contribution in [0.1, 0.15) is 5.69 Å². The van der Waals surface area contributed by atoms with E-state index in [1.54, 1.807) is 34.0 Å². The van der Waals surface area contributed by atoms with Gasteiger partial charge in [-0.2, -0.15) is 5.10 Å². The molecule has 0 saturated heterocycles. The number of H-pyrrole nitrogens is 1. The van der Waals surface area contributed by atoms with Gasteiger partial charge in [0.05, 0.1) is 27.6 Å².